The largest absolute Gasteiger partial charge is 0.310 e. The Morgan fingerprint density at radius 1 is 1.38 bits per heavy atom. The molecule has 1 nitrogen and oxygen atoms in total. The predicted molar refractivity (Wildman–Crippen MR) is 34.2 cm³/mol. The second-order valence-electron chi connectivity index (χ2n) is 2.80. The summed E-state index contributed by atoms with van der Waals surface area (Å²) in [5, 5.41) is 3.88. The molecular formula is C6H10ClN. The van der Waals surface area contributed by atoms with Crippen LogP contribution in [0, 0.1) is 0 Å². The van der Waals surface area contributed by atoms with Gasteiger partial charge in [-0.1, -0.05) is 0 Å². The number of hydrogen-bond acceptors (Lipinski definition) is 1. The van der Waals surface area contributed by atoms with Crippen molar-refractivity contribution in [1.29, 1.82) is 0 Å². The van der Waals surface area contributed by atoms with Crippen molar-refractivity contribution in [2.24, 2.45) is 0 Å². The highest BCUT2D eigenvalue weighted by molar-refractivity contribution is 6.21. The highest BCUT2D eigenvalue weighted by Gasteiger charge is 2.37. The van der Waals surface area contributed by atoms with E-state index in [-0.39, 0.29) is 0 Å². The van der Waals surface area contributed by atoms with Crippen LogP contribution < -0.4 is 5.32 Å². The van der Waals surface area contributed by atoms with Gasteiger partial charge in [0.1, 0.15) is 0 Å². The third-order valence-electron chi connectivity index (χ3n) is 2.22. The summed E-state index contributed by atoms with van der Waals surface area (Å²) in [6.45, 7) is 0. The molecule has 0 aromatic rings. The normalized spacial score (nSPS) is 52.9. The fraction of sp³-hybridized carbons (Fsp3) is 1.00. The van der Waals surface area contributed by atoms with Crippen LogP contribution in [0.15, 0.2) is 0 Å². The number of alkyl halides is 1. The lowest BCUT2D eigenvalue weighted by atomic mass is 10.0. The summed E-state index contributed by atoms with van der Waals surface area (Å²) in [6.07, 6.45) is 3.86. The van der Waals surface area contributed by atoms with Crippen LogP contribution in [-0.2, 0) is 0 Å². The maximum absolute atomic E-state index is 5.95. The first-order chi connectivity index (χ1) is 3.86. The second kappa shape index (κ2) is 1.61. The molecule has 3 unspecified atom stereocenters. The Bertz CT molecular complexity index is 103. The molecule has 0 saturated carbocycles. The van der Waals surface area contributed by atoms with Crippen LogP contribution >= 0.6 is 11.6 Å². The highest BCUT2D eigenvalue weighted by Crippen LogP contribution is 2.31. The summed E-state index contributed by atoms with van der Waals surface area (Å²) in [5.41, 5.74) is 0. The monoisotopic (exact) mass is 131 g/mol. The van der Waals surface area contributed by atoms with Crippen molar-refractivity contribution in [2.75, 3.05) is 0 Å². The first-order valence-corrected chi connectivity index (χ1v) is 3.70. The fourth-order valence-corrected chi connectivity index (χ4v) is 2.17. The Hall–Kier alpha value is 0.250. The lowest BCUT2D eigenvalue weighted by Gasteiger charge is -2.11. The Labute approximate surface area is 54.4 Å². The molecule has 0 radical (unpaired) electrons. The molecule has 2 bridgehead atoms. The van der Waals surface area contributed by atoms with E-state index in [0.717, 1.165) is 6.04 Å². The fourth-order valence-electron chi connectivity index (χ4n) is 1.76. The topological polar surface area (TPSA) is 12.0 Å². The SMILES string of the molecule is ClC1CC2CCC1N2. The zero-order valence-corrected chi connectivity index (χ0v) is 5.49. The summed E-state index contributed by atoms with van der Waals surface area (Å²) in [7, 11) is 0. The van der Waals surface area contributed by atoms with E-state index in [1.54, 1.807) is 0 Å². The maximum Gasteiger partial charge on any atom is 0.0504 e. The summed E-state index contributed by atoms with van der Waals surface area (Å²) in [6, 6.07) is 1.42. The van der Waals surface area contributed by atoms with Gasteiger partial charge in [0.25, 0.3) is 0 Å². The zero-order chi connectivity index (χ0) is 5.56. The summed E-state index contributed by atoms with van der Waals surface area (Å²) in [4.78, 5) is 0. The molecule has 2 fully saturated rings. The van der Waals surface area contributed by atoms with Gasteiger partial charge < -0.3 is 5.32 Å². The first-order valence-electron chi connectivity index (χ1n) is 3.26. The predicted octanol–water partition coefficient (Wildman–Crippen LogP) is 1.12. The summed E-state index contributed by atoms with van der Waals surface area (Å²) >= 11 is 5.95. The van der Waals surface area contributed by atoms with Gasteiger partial charge >= 0.3 is 0 Å². The van der Waals surface area contributed by atoms with E-state index in [2.05, 4.69) is 5.32 Å². The van der Waals surface area contributed by atoms with E-state index < -0.39 is 0 Å². The summed E-state index contributed by atoms with van der Waals surface area (Å²) < 4.78 is 0. The van der Waals surface area contributed by atoms with Gasteiger partial charge in [-0.3, -0.25) is 0 Å². The Morgan fingerprint density at radius 2 is 2.25 bits per heavy atom. The van der Waals surface area contributed by atoms with Crippen molar-refractivity contribution in [2.45, 2.75) is 36.7 Å². The lowest BCUT2D eigenvalue weighted by Crippen LogP contribution is -2.22. The Balaban J connectivity index is 2.11. The van der Waals surface area contributed by atoms with E-state index in [1.165, 1.54) is 19.3 Å². The average Bonchev–Trinajstić information content (AvgIpc) is 2.23. The molecule has 46 valence electrons. The molecule has 8 heavy (non-hydrogen) atoms. The third kappa shape index (κ3) is 0.579. The minimum atomic E-state index is 0.439. The number of halogens is 1. The van der Waals surface area contributed by atoms with Crippen LogP contribution in [0.5, 0.6) is 0 Å². The van der Waals surface area contributed by atoms with Gasteiger partial charge in [0, 0.05) is 12.1 Å². The van der Waals surface area contributed by atoms with E-state index in [0.29, 0.717) is 11.4 Å². The van der Waals surface area contributed by atoms with Crippen LogP contribution in [0.4, 0.5) is 0 Å². The van der Waals surface area contributed by atoms with Gasteiger partial charge in [-0.25, -0.2) is 0 Å². The molecule has 0 aromatic carbocycles. The highest BCUT2D eigenvalue weighted by atomic mass is 35.5. The Kier molecular flexibility index (Phi) is 1.02. The van der Waals surface area contributed by atoms with Crippen molar-refractivity contribution >= 4 is 11.6 Å². The molecule has 2 saturated heterocycles. The number of hydrogen-bond donors (Lipinski definition) is 1. The third-order valence-corrected chi connectivity index (χ3v) is 2.70. The smallest absolute Gasteiger partial charge is 0.0504 e. The van der Waals surface area contributed by atoms with Crippen molar-refractivity contribution in [1.82, 2.24) is 5.32 Å². The molecule has 1 N–H and O–H groups in total. The number of fused-ring (bicyclic) bond motifs is 2. The average molecular weight is 132 g/mol. The zero-order valence-electron chi connectivity index (χ0n) is 4.73. The van der Waals surface area contributed by atoms with E-state index in [4.69, 9.17) is 11.6 Å². The van der Waals surface area contributed by atoms with Crippen LogP contribution in [-0.4, -0.2) is 17.5 Å². The van der Waals surface area contributed by atoms with E-state index in [9.17, 15) is 0 Å². The lowest BCUT2D eigenvalue weighted by molar-refractivity contribution is 0.583. The molecule has 2 rings (SSSR count). The van der Waals surface area contributed by atoms with Crippen LogP contribution in [0.2, 0.25) is 0 Å². The number of rotatable bonds is 0. The van der Waals surface area contributed by atoms with Crippen LogP contribution in [0.1, 0.15) is 19.3 Å². The molecule has 0 aliphatic carbocycles. The van der Waals surface area contributed by atoms with Crippen molar-refractivity contribution in [3.8, 4) is 0 Å². The molecule has 0 aromatic heterocycles. The van der Waals surface area contributed by atoms with Crippen LogP contribution in [0.25, 0.3) is 0 Å². The van der Waals surface area contributed by atoms with Gasteiger partial charge in [-0.2, -0.15) is 0 Å². The molecule has 0 spiro atoms. The molecule has 2 heteroatoms. The second-order valence-corrected chi connectivity index (χ2v) is 3.36. The molecular weight excluding hydrogens is 122 g/mol. The van der Waals surface area contributed by atoms with E-state index >= 15 is 0 Å². The minimum absolute atomic E-state index is 0.439. The van der Waals surface area contributed by atoms with Gasteiger partial charge in [0.05, 0.1) is 5.38 Å². The van der Waals surface area contributed by atoms with Gasteiger partial charge in [-0.05, 0) is 19.3 Å². The van der Waals surface area contributed by atoms with Gasteiger partial charge in [0.2, 0.25) is 0 Å². The summed E-state index contributed by atoms with van der Waals surface area (Å²) in [5.74, 6) is 0. The molecule has 0 amide bonds. The van der Waals surface area contributed by atoms with Crippen LogP contribution in [0.3, 0.4) is 0 Å². The standard InChI is InChI=1S/C6H10ClN/c7-5-3-4-1-2-6(5)8-4/h4-6,8H,1-3H2. The maximum atomic E-state index is 5.95. The first kappa shape index (κ1) is 5.07. The van der Waals surface area contributed by atoms with Crippen molar-refractivity contribution in [3.63, 3.8) is 0 Å². The van der Waals surface area contributed by atoms with Crippen molar-refractivity contribution in [3.05, 3.63) is 0 Å². The van der Waals surface area contributed by atoms with Gasteiger partial charge in [-0.15, -0.1) is 11.6 Å². The van der Waals surface area contributed by atoms with E-state index in [1.807, 2.05) is 0 Å². The molecule has 3 atom stereocenters. The molecule has 2 heterocycles. The van der Waals surface area contributed by atoms with Crippen molar-refractivity contribution < 1.29 is 0 Å². The molecule has 2 aliphatic rings. The minimum Gasteiger partial charge on any atom is -0.310 e. The molecule has 2 aliphatic heterocycles. The quantitative estimate of drug-likeness (QED) is 0.486. The Morgan fingerprint density at radius 3 is 2.50 bits per heavy atom. The number of nitrogens with one attached hydrogen (secondary N) is 1. The van der Waals surface area contributed by atoms with Gasteiger partial charge in [0.15, 0.2) is 0 Å².